The zero-order valence-corrected chi connectivity index (χ0v) is 9.91. The smallest absolute Gasteiger partial charge is 0.139 e. The van der Waals surface area contributed by atoms with E-state index >= 15 is 0 Å². The lowest BCUT2D eigenvalue weighted by Crippen LogP contribution is -2.58. The summed E-state index contributed by atoms with van der Waals surface area (Å²) in [4.78, 5) is 15.9. The molecule has 3 nitrogen and oxygen atoms in total. The molecule has 0 aromatic rings. The van der Waals surface area contributed by atoms with Gasteiger partial charge in [-0.25, -0.2) is 0 Å². The van der Waals surface area contributed by atoms with Crippen LogP contribution < -0.4 is 0 Å². The molecule has 0 N–H and O–H groups in total. The monoisotopic (exact) mass is 210 g/mol. The van der Waals surface area contributed by atoms with Crippen molar-refractivity contribution in [3.8, 4) is 0 Å². The Morgan fingerprint density at radius 1 is 1.13 bits per heavy atom. The minimum Gasteiger partial charge on any atom is -0.301 e. The molecule has 0 aromatic heterocycles. The third-order valence-corrected chi connectivity index (χ3v) is 4.01. The molecule has 0 unspecified atom stereocenters. The molecule has 2 rings (SSSR count). The molecule has 1 heterocycles. The van der Waals surface area contributed by atoms with Crippen LogP contribution in [-0.4, -0.2) is 53.8 Å². The van der Waals surface area contributed by atoms with E-state index in [1.165, 1.54) is 19.3 Å². The Bertz CT molecular complexity index is 228. The third-order valence-electron chi connectivity index (χ3n) is 4.01. The summed E-state index contributed by atoms with van der Waals surface area (Å²) in [6.45, 7) is 8.40. The Morgan fingerprint density at radius 2 is 1.73 bits per heavy atom. The quantitative estimate of drug-likeness (QED) is 0.653. The van der Waals surface area contributed by atoms with Crippen molar-refractivity contribution < 1.29 is 4.79 Å². The maximum atomic E-state index is 11.0. The molecule has 3 heteroatoms. The average Bonchev–Trinajstić information content (AvgIpc) is 2.16. The van der Waals surface area contributed by atoms with Gasteiger partial charge in [0.05, 0.1) is 5.54 Å². The van der Waals surface area contributed by atoms with E-state index in [2.05, 4.69) is 9.80 Å². The topological polar surface area (TPSA) is 23.6 Å². The first kappa shape index (κ1) is 11.1. The molecule has 0 amide bonds. The summed E-state index contributed by atoms with van der Waals surface area (Å²) in [5, 5.41) is 0. The lowest BCUT2D eigenvalue weighted by molar-refractivity contribution is -0.118. The molecule has 0 aromatic carbocycles. The molecule has 2 fully saturated rings. The van der Waals surface area contributed by atoms with Crippen LogP contribution in [0.15, 0.2) is 0 Å². The van der Waals surface area contributed by atoms with Crippen LogP contribution in [0.2, 0.25) is 0 Å². The molecular formula is C12H22N2O. The fourth-order valence-electron chi connectivity index (χ4n) is 2.49. The van der Waals surface area contributed by atoms with E-state index in [0.29, 0.717) is 0 Å². The normalized spacial score (nSPS) is 26.3. The van der Waals surface area contributed by atoms with Gasteiger partial charge in [0.2, 0.25) is 0 Å². The molecule has 0 spiro atoms. The summed E-state index contributed by atoms with van der Waals surface area (Å²) >= 11 is 0. The second-order valence-corrected chi connectivity index (χ2v) is 5.38. The molecule has 86 valence electrons. The number of hydrogen-bond acceptors (Lipinski definition) is 3. The van der Waals surface area contributed by atoms with E-state index in [1.54, 1.807) is 0 Å². The van der Waals surface area contributed by atoms with E-state index in [-0.39, 0.29) is 5.54 Å². The highest BCUT2D eigenvalue weighted by atomic mass is 16.1. The Labute approximate surface area is 92.4 Å². The SMILES string of the molecule is CC(C)(C=O)N1CCN(C2CCC2)CC1. The van der Waals surface area contributed by atoms with Crippen LogP contribution in [0.5, 0.6) is 0 Å². The van der Waals surface area contributed by atoms with Gasteiger partial charge in [-0.05, 0) is 26.7 Å². The Hall–Kier alpha value is -0.410. The third kappa shape index (κ3) is 2.23. The summed E-state index contributed by atoms with van der Waals surface area (Å²) in [5.74, 6) is 0. The van der Waals surface area contributed by atoms with E-state index in [4.69, 9.17) is 0 Å². The number of rotatable bonds is 3. The number of nitrogens with zero attached hydrogens (tertiary/aromatic N) is 2. The highest BCUT2D eigenvalue weighted by molar-refractivity contribution is 5.62. The van der Waals surface area contributed by atoms with Crippen molar-refractivity contribution in [1.29, 1.82) is 0 Å². The van der Waals surface area contributed by atoms with Gasteiger partial charge >= 0.3 is 0 Å². The zero-order valence-electron chi connectivity index (χ0n) is 9.91. The molecule has 1 aliphatic carbocycles. The van der Waals surface area contributed by atoms with Crippen LogP contribution in [0.4, 0.5) is 0 Å². The van der Waals surface area contributed by atoms with Gasteiger partial charge in [0.15, 0.2) is 0 Å². The lowest BCUT2D eigenvalue weighted by atomic mass is 9.91. The molecule has 1 saturated heterocycles. The average molecular weight is 210 g/mol. The number of hydrogen-bond donors (Lipinski definition) is 0. The van der Waals surface area contributed by atoms with Crippen LogP contribution in [0, 0.1) is 0 Å². The number of carbonyl (C=O) groups is 1. The maximum Gasteiger partial charge on any atom is 0.139 e. The molecule has 0 radical (unpaired) electrons. The van der Waals surface area contributed by atoms with Crippen LogP contribution in [0.1, 0.15) is 33.1 Å². The summed E-state index contributed by atoms with van der Waals surface area (Å²) in [7, 11) is 0. The fourth-order valence-corrected chi connectivity index (χ4v) is 2.49. The Morgan fingerprint density at radius 3 is 2.13 bits per heavy atom. The van der Waals surface area contributed by atoms with E-state index < -0.39 is 0 Å². The minimum absolute atomic E-state index is 0.272. The summed E-state index contributed by atoms with van der Waals surface area (Å²) in [6.07, 6.45) is 5.25. The zero-order chi connectivity index (χ0) is 10.9. The van der Waals surface area contributed by atoms with Gasteiger partial charge in [0, 0.05) is 32.2 Å². The van der Waals surface area contributed by atoms with Crippen molar-refractivity contribution in [2.45, 2.75) is 44.7 Å². The number of carbonyl (C=O) groups excluding carboxylic acids is 1. The lowest BCUT2D eigenvalue weighted by Gasteiger charge is -2.46. The van der Waals surface area contributed by atoms with Crippen molar-refractivity contribution in [3.63, 3.8) is 0 Å². The molecule has 2 aliphatic rings. The molecule has 1 saturated carbocycles. The molecule has 1 aliphatic heterocycles. The van der Waals surface area contributed by atoms with Gasteiger partial charge in [-0.1, -0.05) is 6.42 Å². The predicted molar refractivity (Wildman–Crippen MR) is 60.9 cm³/mol. The van der Waals surface area contributed by atoms with E-state index in [9.17, 15) is 4.79 Å². The summed E-state index contributed by atoms with van der Waals surface area (Å²) < 4.78 is 0. The van der Waals surface area contributed by atoms with Crippen molar-refractivity contribution in [1.82, 2.24) is 9.80 Å². The van der Waals surface area contributed by atoms with Crippen molar-refractivity contribution in [2.75, 3.05) is 26.2 Å². The van der Waals surface area contributed by atoms with E-state index in [0.717, 1.165) is 38.5 Å². The van der Waals surface area contributed by atoms with Crippen molar-refractivity contribution >= 4 is 6.29 Å². The van der Waals surface area contributed by atoms with Gasteiger partial charge in [0.1, 0.15) is 6.29 Å². The number of aldehydes is 1. The maximum absolute atomic E-state index is 11.0. The standard InChI is InChI=1S/C12H22N2O/c1-12(2,10-15)14-8-6-13(7-9-14)11-4-3-5-11/h10-11H,3-9H2,1-2H3. The van der Waals surface area contributed by atoms with Crippen molar-refractivity contribution in [2.24, 2.45) is 0 Å². The fraction of sp³-hybridized carbons (Fsp3) is 0.917. The first-order chi connectivity index (χ1) is 7.13. The second kappa shape index (κ2) is 4.22. The molecular weight excluding hydrogens is 188 g/mol. The Kier molecular flexibility index (Phi) is 3.12. The predicted octanol–water partition coefficient (Wildman–Crippen LogP) is 1.13. The van der Waals surface area contributed by atoms with Gasteiger partial charge in [-0.15, -0.1) is 0 Å². The molecule has 0 atom stereocenters. The molecule has 15 heavy (non-hydrogen) atoms. The first-order valence-electron chi connectivity index (χ1n) is 6.09. The van der Waals surface area contributed by atoms with Crippen molar-refractivity contribution in [3.05, 3.63) is 0 Å². The first-order valence-corrected chi connectivity index (χ1v) is 6.09. The van der Waals surface area contributed by atoms with Crippen LogP contribution in [0.25, 0.3) is 0 Å². The Balaban J connectivity index is 1.83. The largest absolute Gasteiger partial charge is 0.301 e. The van der Waals surface area contributed by atoms with Crippen LogP contribution in [0.3, 0.4) is 0 Å². The van der Waals surface area contributed by atoms with Crippen LogP contribution >= 0.6 is 0 Å². The minimum atomic E-state index is -0.272. The van der Waals surface area contributed by atoms with Gasteiger partial charge < -0.3 is 4.79 Å². The number of piperazine rings is 1. The van der Waals surface area contributed by atoms with Crippen LogP contribution in [-0.2, 0) is 4.79 Å². The van der Waals surface area contributed by atoms with E-state index in [1.807, 2.05) is 13.8 Å². The second-order valence-electron chi connectivity index (χ2n) is 5.38. The van der Waals surface area contributed by atoms with Gasteiger partial charge in [-0.2, -0.15) is 0 Å². The summed E-state index contributed by atoms with van der Waals surface area (Å²) in [5.41, 5.74) is -0.272. The van der Waals surface area contributed by atoms with Gasteiger partial charge in [-0.3, -0.25) is 9.80 Å². The van der Waals surface area contributed by atoms with Gasteiger partial charge in [0.25, 0.3) is 0 Å². The molecule has 0 bridgehead atoms. The highest BCUT2D eigenvalue weighted by Crippen LogP contribution is 2.26. The summed E-state index contributed by atoms with van der Waals surface area (Å²) in [6, 6.07) is 0.853. The highest BCUT2D eigenvalue weighted by Gasteiger charge is 2.33.